The summed E-state index contributed by atoms with van der Waals surface area (Å²) < 4.78 is 39.8. The first-order valence-corrected chi connectivity index (χ1v) is 9.41. The van der Waals surface area contributed by atoms with Crippen molar-refractivity contribution >= 4 is 28.1 Å². The Labute approximate surface area is 161 Å². The number of fused-ring (bicyclic) bond motifs is 1. The van der Waals surface area contributed by atoms with Gasteiger partial charge in [0.05, 0.1) is 11.3 Å². The fourth-order valence-corrected chi connectivity index (χ4v) is 3.89. The number of carbonyl (C=O) groups is 2. The number of nitrogens with zero attached hydrogens (tertiary/aromatic N) is 3. The summed E-state index contributed by atoms with van der Waals surface area (Å²) in [6, 6.07) is 4.75. The number of hydrogen-bond acceptors (Lipinski definition) is 4. The second-order valence-electron chi connectivity index (χ2n) is 6.37. The topological polar surface area (TPSA) is 66.7 Å². The third kappa shape index (κ3) is 3.47. The molecule has 1 fully saturated rings. The Kier molecular flexibility index (Phi) is 4.58. The predicted octanol–water partition coefficient (Wildman–Crippen LogP) is 3.04. The molecule has 3 aromatic rings. The van der Waals surface area contributed by atoms with Crippen LogP contribution in [0.4, 0.5) is 13.2 Å². The van der Waals surface area contributed by atoms with Gasteiger partial charge in [-0.05, 0) is 12.1 Å². The van der Waals surface area contributed by atoms with Crippen LogP contribution >= 0.6 is 11.3 Å². The van der Waals surface area contributed by atoms with Crippen molar-refractivity contribution in [3.05, 3.63) is 47.1 Å². The fourth-order valence-electron chi connectivity index (χ4n) is 3.04. The first kappa shape index (κ1) is 18.5. The van der Waals surface area contributed by atoms with E-state index in [0.717, 1.165) is 12.1 Å². The van der Waals surface area contributed by atoms with Crippen molar-refractivity contribution in [2.45, 2.75) is 12.6 Å². The summed E-state index contributed by atoms with van der Waals surface area (Å²) in [5.41, 5.74) is 0.715. The van der Waals surface area contributed by atoms with Crippen LogP contribution in [0.25, 0.3) is 16.2 Å². The van der Waals surface area contributed by atoms with E-state index in [-0.39, 0.29) is 18.2 Å². The lowest BCUT2D eigenvalue weighted by atomic mass is 10.1. The second kappa shape index (κ2) is 6.93. The van der Waals surface area contributed by atoms with Crippen molar-refractivity contribution in [3.63, 3.8) is 0 Å². The van der Waals surface area contributed by atoms with Crippen LogP contribution in [0, 0.1) is 0 Å². The minimum Gasteiger partial charge on any atom is -0.354 e. The molecule has 4 rings (SSSR count). The number of aromatic nitrogens is 2. The molecule has 1 saturated heterocycles. The normalized spacial score (nSPS) is 15.5. The van der Waals surface area contributed by atoms with Gasteiger partial charge in [0.25, 0.3) is 5.91 Å². The van der Waals surface area contributed by atoms with Gasteiger partial charge in [-0.25, -0.2) is 4.98 Å². The lowest BCUT2D eigenvalue weighted by Gasteiger charge is -2.18. The molecule has 0 spiro atoms. The average Bonchev–Trinajstić information content (AvgIpc) is 3.17. The maximum absolute atomic E-state index is 12.9. The number of rotatable bonds is 2. The molecule has 0 atom stereocenters. The number of thiazole rings is 1. The number of amides is 2. The molecule has 10 heteroatoms. The molecule has 1 aliphatic heterocycles. The van der Waals surface area contributed by atoms with Gasteiger partial charge in [-0.3, -0.25) is 14.0 Å². The van der Waals surface area contributed by atoms with E-state index in [4.69, 9.17) is 0 Å². The Morgan fingerprint density at radius 3 is 2.64 bits per heavy atom. The Morgan fingerprint density at radius 1 is 1.18 bits per heavy atom. The molecule has 0 radical (unpaired) electrons. The van der Waals surface area contributed by atoms with Gasteiger partial charge in [0.15, 0.2) is 4.96 Å². The molecular formula is C18H15F3N4O2S. The molecule has 0 aliphatic carbocycles. The van der Waals surface area contributed by atoms with E-state index in [1.807, 2.05) is 0 Å². The van der Waals surface area contributed by atoms with Crippen molar-refractivity contribution in [1.29, 1.82) is 0 Å². The number of alkyl halides is 3. The third-order valence-electron chi connectivity index (χ3n) is 4.54. The van der Waals surface area contributed by atoms with Crippen molar-refractivity contribution < 1.29 is 22.8 Å². The van der Waals surface area contributed by atoms with Gasteiger partial charge in [-0.2, -0.15) is 13.2 Å². The number of imidazole rings is 1. The van der Waals surface area contributed by atoms with Crippen LogP contribution in [-0.2, 0) is 11.0 Å². The molecular weight excluding hydrogens is 393 g/mol. The number of hydrogen-bond donors (Lipinski definition) is 1. The molecule has 0 saturated carbocycles. The summed E-state index contributed by atoms with van der Waals surface area (Å²) in [7, 11) is 0. The number of benzene rings is 1. The van der Waals surface area contributed by atoms with E-state index in [1.54, 1.807) is 20.9 Å². The highest BCUT2D eigenvalue weighted by Crippen LogP contribution is 2.31. The molecule has 1 aliphatic rings. The number of halogens is 3. The van der Waals surface area contributed by atoms with Crippen LogP contribution in [0.15, 0.2) is 35.8 Å². The van der Waals surface area contributed by atoms with Gasteiger partial charge in [0.2, 0.25) is 5.91 Å². The summed E-state index contributed by atoms with van der Waals surface area (Å²) in [5.74, 6) is -0.294. The van der Waals surface area contributed by atoms with Crippen LogP contribution in [0.1, 0.15) is 22.5 Å². The van der Waals surface area contributed by atoms with E-state index in [2.05, 4.69) is 10.3 Å². The minimum absolute atomic E-state index is 0.0852. The highest BCUT2D eigenvalue weighted by Gasteiger charge is 2.30. The Balaban J connectivity index is 1.62. The van der Waals surface area contributed by atoms with E-state index < -0.39 is 11.7 Å². The molecule has 146 valence electrons. The van der Waals surface area contributed by atoms with E-state index >= 15 is 0 Å². The summed E-state index contributed by atoms with van der Waals surface area (Å²) in [4.78, 5) is 30.9. The summed E-state index contributed by atoms with van der Waals surface area (Å²) in [5, 5.41) is 4.42. The standard InChI is InChI=1S/C18H15F3N4O2S/c19-18(20,21)12-3-1-11(2-4-12)13-9-25-14(10-28-17(25)23-13)16(27)24-7-5-15(26)22-6-8-24/h1-4,9-10H,5-8H2,(H,22,26). The minimum atomic E-state index is -4.39. The quantitative estimate of drug-likeness (QED) is 0.709. The SMILES string of the molecule is O=C1CCN(C(=O)c2csc3nc(-c4ccc(C(F)(F)F)cc4)cn23)CCN1. The van der Waals surface area contributed by atoms with E-state index in [9.17, 15) is 22.8 Å². The smallest absolute Gasteiger partial charge is 0.354 e. The van der Waals surface area contributed by atoms with Crippen molar-refractivity contribution in [2.75, 3.05) is 19.6 Å². The van der Waals surface area contributed by atoms with Crippen molar-refractivity contribution in [3.8, 4) is 11.3 Å². The molecule has 0 bridgehead atoms. The fraction of sp³-hybridized carbons (Fsp3) is 0.278. The van der Waals surface area contributed by atoms with E-state index in [0.29, 0.717) is 41.5 Å². The zero-order chi connectivity index (χ0) is 19.9. The maximum Gasteiger partial charge on any atom is 0.416 e. The highest BCUT2D eigenvalue weighted by molar-refractivity contribution is 7.15. The predicted molar refractivity (Wildman–Crippen MR) is 97.0 cm³/mol. The van der Waals surface area contributed by atoms with Crippen LogP contribution in [0.3, 0.4) is 0 Å². The third-order valence-corrected chi connectivity index (χ3v) is 5.38. The number of nitrogens with one attached hydrogen (secondary N) is 1. The van der Waals surface area contributed by atoms with Gasteiger partial charge >= 0.3 is 6.18 Å². The van der Waals surface area contributed by atoms with Crippen LogP contribution < -0.4 is 5.32 Å². The zero-order valence-corrected chi connectivity index (χ0v) is 15.3. The van der Waals surface area contributed by atoms with Crippen molar-refractivity contribution in [1.82, 2.24) is 19.6 Å². The monoisotopic (exact) mass is 408 g/mol. The summed E-state index contributed by atoms with van der Waals surface area (Å²) in [6.45, 7) is 1.16. The molecule has 28 heavy (non-hydrogen) atoms. The first-order chi connectivity index (χ1) is 13.3. The lowest BCUT2D eigenvalue weighted by Crippen LogP contribution is -2.34. The van der Waals surface area contributed by atoms with E-state index in [1.165, 1.54) is 23.5 Å². The number of carbonyl (C=O) groups excluding carboxylic acids is 2. The van der Waals surface area contributed by atoms with Crippen molar-refractivity contribution in [2.24, 2.45) is 0 Å². The van der Waals surface area contributed by atoms with Gasteiger partial charge < -0.3 is 10.2 Å². The van der Waals surface area contributed by atoms with Gasteiger partial charge in [0, 0.05) is 43.2 Å². The molecule has 2 aromatic heterocycles. The lowest BCUT2D eigenvalue weighted by molar-refractivity contribution is -0.137. The molecule has 1 aromatic carbocycles. The van der Waals surface area contributed by atoms with Crippen LogP contribution in [-0.4, -0.2) is 45.7 Å². The van der Waals surface area contributed by atoms with Gasteiger partial charge in [-0.15, -0.1) is 11.3 Å². The second-order valence-corrected chi connectivity index (χ2v) is 7.20. The molecule has 3 heterocycles. The first-order valence-electron chi connectivity index (χ1n) is 8.53. The summed E-state index contributed by atoms with van der Waals surface area (Å²) >= 11 is 1.28. The molecule has 1 N–H and O–H groups in total. The maximum atomic E-state index is 12.9. The zero-order valence-electron chi connectivity index (χ0n) is 14.5. The molecule has 6 nitrogen and oxygen atoms in total. The van der Waals surface area contributed by atoms with Gasteiger partial charge in [-0.1, -0.05) is 12.1 Å². The Hall–Kier alpha value is -2.88. The van der Waals surface area contributed by atoms with Crippen LogP contribution in [0.5, 0.6) is 0 Å². The Morgan fingerprint density at radius 2 is 1.93 bits per heavy atom. The Bertz CT molecular complexity index is 1040. The summed E-state index contributed by atoms with van der Waals surface area (Å²) in [6.07, 6.45) is -2.50. The molecule has 2 amide bonds. The highest BCUT2D eigenvalue weighted by atomic mass is 32.1. The van der Waals surface area contributed by atoms with Crippen LogP contribution in [0.2, 0.25) is 0 Å². The average molecular weight is 408 g/mol. The largest absolute Gasteiger partial charge is 0.416 e. The molecule has 0 unspecified atom stereocenters. The van der Waals surface area contributed by atoms with Gasteiger partial charge in [0.1, 0.15) is 5.69 Å².